The zero-order chi connectivity index (χ0) is 15.7. The monoisotopic (exact) mass is 315 g/mol. The van der Waals surface area contributed by atoms with Crippen LogP contribution in [-0.4, -0.2) is 55.2 Å². The highest BCUT2D eigenvalue weighted by Crippen LogP contribution is 2.32. The van der Waals surface area contributed by atoms with Gasteiger partial charge >= 0.3 is 6.18 Å². The van der Waals surface area contributed by atoms with Gasteiger partial charge in [0.25, 0.3) is 0 Å². The van der Waals surface area contributed by atoms with E-state index in [1.807, 2.05) is 0 Å². The lowest BCUT2D eigenvalue weighted by Gasteiger charge is -2.42. The quantitative estimate of drug-likeness (QED) is 0.827. The molecular weight excluding hydrogens is 299 g/mol. The first-order valence-electron chi connectivity index (χ1n) is 7.10. The molecule has 0 spiro atoms. The van der Waals surface area contributed by atoms with Crippen LogP contribution in [0.1, 0.15) is 5.69 Å². The van der Waals surface area contributed by atoms with E-state index < -0.39 is 11.9 Å². The van der Waals surface area contributed by atoms with Gasteiger partial charge in [0.05, 0.1) is 19.1 Å². The number of rotatable bonds is 2. The van der Waals surface area contributed by atoms with Crippen LogP contribution in [0.5, 0.6) is 0 Å². The number of nitrogens with zero attached hydrogens (tertiary/aromatic N) is 3. The van der Waals surface area contributed by atoms with Crippen LogP contribution in [0.3, 0.4) is 0 Å². The van der Waals surface area contributed by atoms with Crippen molar-refractivity contribution in [3.63, 3.8) is 0 Å². The Bertz CT molecular complexity index is 553. The van der Waals surface area contributed by atoms with E-state index >= 15 is 0 Å². The van der Waals surface area contributed by atoms with Gasteiger partial charge in [0.2, 0.25) is 5.91 Å². The standard InChI is InChI=1S/C14H16F3N3O2/c15-14(16,17)12-7-11(1-2-18-12)20-8-10(9-20)13(21)19-3-5-22-6-4-19/h1-2,7,10H,3-6,8-9H2. The molecule has 0 aliphatic carbocycles. The van der Waals surface area contributed by atoms with E-state index in [9.17, 15) is 18.0 Å². The van der Waals surface area contributed by atoms with Gasteiger partial charge in [-0.15, -0.1) is 0 Å². The predicted molar refractivity (Wildman–Crippen MR) is 72.3 cm³/mol. The summed E-state index contributed by atoms with van der Waals surface area (Å²) in [4.78, 5) is 19.1. The van der Waals surface area contributed by atoms with Crippen molar-refractivity contribution < 1.29 is 22.7 Å². The number of carbonyl (C=O) groups is 1. The molecule has 120 valence electrons. The number of morpholine rings is 1. The number of ether oxygens (including phenoxy) is 1. The summed E-state index contributed by atoms with van der Waals surface area (Å²) in [6, 6.07) is 2.56. The molecule has 2 fully saturated rings. The lowest BCUT2D eigenvalue weighted by molar-refractivity contribution is -0.141. The molecule has 22 heavy (non-hydrogen) atoms. The van der Waals surface area contributed by atoms with Crippen LogP contribution in [-0.2, 0) is 15.7 Å². The Labute approximate surface area is 125 Å². The molecule has 0 atom stereocenters. The summed E-state index contributed by atoms with van der Waals surface area (Å²) >= 11 is 0. The molecule has 0 aromatic carbocycles. The van der Waals surface area contributed by atoms with Crippen LogP contribution in [0.25, 0.3) is 0 Å². The molecule has 0 saturated carbocycles. The van der Waals surface area contributed by atoms with Crippen molar-refractivity contribution in [1.29, 1.82) is 0 Å². The Morgan fingerprint density at radius 2 is 1.95 bits per heavy atom. The molecule has 0 radical (unpaired) electrons. The molecule has 0 unspecified atom stereocenters. The molecule has 3 heterocycles. The summed E-state index contributed by atoms with van der Waals surface area (Å²) in [5.74, 6) is -0.0924. The number of amides is 1. The predicted octanol–water partition coefficient (Wildman–Crippen LogP) is 1.40. The fourth-order valence-electron chi connectivity index (χ4n) is 2.66. The first-order chi connectivity index (χ1) is 10.4. The number of anilines is 1. The number of aromatic nitrogens is 1. The van der Waals surface area contributed by atoms with Crippen molar-refractivity contribution in [1.82, 2.24) is 9.88 Å². The summed E-state index contributed by atoms with van der Waals surface area (Å²) in [6.45, 7) is 3.14. The van der Waals surface area contributed by atoms with Crippen LogP contribution < -0.4 is 4.90 Å². The Kier molecular flexibility index (Phi) is 3.94. The SMILES string of the molecule is O=C(C1CN(c2ccnc(C(F)(F)F)c2)C1)N1CCOCC1. The third-order valence-electron chi connectivity index (χ3n) is 3.95. The van der Waals surface area contributed by atoms with E-state index in [0.717, 1.165) is 12.3 Å². The highest BCUT2D eigenvalue weighted by Gasteiger charge is 2.37. The second-order valence-corrected chi connectivity index (χ2v) is 5.44. The second kappa shape index (κ2) is 5.75. The minimum absolute atomic E-state index is 0.0599. The van der Waals surface area contributed by atoms with E-state index in [1.54, 1.807) is 9.80 Å². The maximum Gasteiger partial charge on any atom is 0.433 e. The summed E-state index contributed by atoms with van der Waals surface area (Å²) in [5.41, 5.74) is -0.457. The van der Waals surface area contributed by atoms with Crippen molar-refractivity contribution in [2.75, 3.05) is 44.3 Å². The maximum atomic E-state index is 12.6. The highest BCUT2D eigenvalue weighted by atomic mass is 19.4. The highest BCUT2D eigenvalue weighted by molar-refractivity contribution is 5.82. The molecular formula is C14H16F3N3O2. The topological polar surface area (TPSA) is 45.7 Å². The third-order valence-corrected chi connectivity index (χ3v) is 3.95. The molecule has 2 aliphatic heterocycles. The first kappa shape index (κ1) is 15.1. The minimum atomic E-state index is -4.45. The number of halogens is 3. The van der Waals surface area contributed by atoms with Crippen molar-refractivity contribution in [2.45, 2.75) is 6.18 Å². The molecule has 1 aromatic heterocycles. The van der Waals surface area contributed by atoms with Crippen molar-refractivity contribution in [3.05, 3.63) is 24.0 Å². The lowest BCUT2D eigenvalue weighted by Crippen LogP contribution is -2.56. The Balaban J connectivity index is 1.60. The van der Waals surface area contributed by atoms with Gasteiger partial charge < -0.3 is 14.5 Å². The van der Waals surface area contributed by atoms with E-state index in [2.05, 4.69) is 4.98 Å². The van der Waals surface area contributed by atoms with Gasteiger partial charge in [0, 0.05) is 38.1 Å². The van der Waals surface area contributed by atoms with Gasteiger partial charge in [0.15, 0.2) is 0 Å². The Morgan fingerprint density at radius 3 is 2.59 bits per heavy atom. The molecule has 0 bridgehead atoms. The molecule has 2 aliphatic rings. The lowest BCUT2D eigenvalue weighted by atomic mass is 9.97. The summed E-state index contributed by atoms with van der Waals surface area (Å²) in [7, 11) is 0. The molecule has 2 saturated heterocycles. The molecule has 8 heteroatoms. The Hall–Kier alpha value is -1.83. The normalized spacial score (nSPS) is 20.0. The number of hydrogen-bond acceptors (Lipinski definition) is 4. The van der Waals surface area contributed by atoms with Gasteiger partial charge in [-0.05, 0) is 12.1 Å². The van der Waals surface area contributed by atoms with E-state index in [0.29, 0.717) is 45.1 Å². The molecule has 1 aromatic rings. The van der Waals surface area contributed by atoms with Crippen molar-refractivity contribution in [2.24, 2.45) is 5.92 Å². The number of alkyl halides is 3. The summed E-state index contributed by atoms with van der Waals surface area (Å²) in [5, 5.41) is 0. The first-order valence-corrected chi connectivity index (χ1v) is 7.10. The summed E-state index contributed by atoms with van der Waals surface area (Å²) < 4.78 is 43.1. The van der Waals surface area contributed by atoms with Crippen LogP contribution >= 0.6 is 0 Å². The van der Waals surface area contributed by atoms with Crippen molar-refractivity contribution >= 4 is 11.6 Å². The minimum Gasteiger partial charge on any atom is -0.378 e. The zero-order valence-electron chi connectivity index (χ0n) is 11.8. The fraction of sp³-hybridized carbons (Fsp3) is 0.571. The average molecular weight is 315 g/mol. The third kappa shape index (κ3) is 3.01. The largest absolute Gasteiger partial charge is 0.433 e. The molecule has 5 nitrogen and oxygen atoms in total. The molecule has 1 amide bonds. The Morgan fingerprint density at radius 1 is 1.27 bits per heavy atom. The van der Waals surface area contributed by atoms with Crippen LogP contribution in [0.2, 0.25) is 0 Å². The zero-order valence-corrected chi connectivity index (χ0v) is 11.8. The van der Waals surface area contributed by atoms with E-state index in [1.165, 1.54) is 6.07 Å². The maximum absolute atomic E-state index is 12.6. The smallest absolute Gasteiger partial charge is 0.378 e. The molecule has 3 rings (SSSR count). The van der Waals surface area contributed by atoms with Gasteiger partial charge in [-0.1, -0.05) is 0 Å². The number of carbonyl (C=O) groups excluding carboxylic acids is 1. The van der Waals surface area contributed by atoms with Gasteiger partial charge in [-0.25, -0.2) is 0 Å². The van der Waals surface area contributed by atoms with Crippen LogP contribution in [0.4, 0.5) is 18.9 Å². The van der Waals surface area contributed by atoms with Crippen molar-refractivity contribution in [3.8, 4) is 0 Å². The van der Waals surface area contributed by atoms with Gasteiger partial charge in [0.1, 0.15) is 5.69 Å². The van der Waals surface area contributed by atoms with E-state index in [-0.39, 0.29) is 11.8 Å². The van der Waals surface area contributed by atoms with E-state index in [4.69, 9.17) is 4.74 Å². The fourth-order valence-corrected chi connectivity index (χ4v) is 2.66. The van der Waals surface area contributed by atoms with Crippen LogP contribution in [0, 0.1) is 5.92 Å². The summed E-state index contributed by atoms with van der Waals surface area (Å²) in [6.07, 6.45) is -3.31. The van der Waals surface area contributed by atoms with Gasteiger partial charge in [-0.3, -0.25) is 9.78 Å². The number of hydrogen-bond donors (Lipinski definition) is 0. The second-order valence-electron chi connectivity index (χ2n) is 5.44. The number of pyridine rings is 1. The average Bonchev–Trinajstić information content (AvgIpc) is 2.46. The van der Waals surface area contributed by atoms with Crippen LogP contribution in [0.15, 0.2) is 18.3 Å². The van der Waals surface area contributed by atoms with Gasteiger partial charge in [-0.2, -0.15) is 13.2 Å². The molecule has 0 N–H and O–H groups in total.